The lowest BCUT2D eigenvalue weighted by Gasteiger charge is -2.03. The van der Waals surface area contributed by atoms with Crippen molar-refractivity contribution in [3.8, 4) is 0 Å². The molecule has 0 atom stereocenters. The molecule has 80 valence electrons. The van der Waals surface area contributed by atoms with Gasteiger partial charge in [-0.05, 0) is 24.3 Å². The largest absolute Gasteiger partial charge is 0.396 e. The van der Waals surface area contributed by atoms with Crippen LogP contribution >= 0.6 is 0 Å². The molecule has 15 heavy (non-hydrogen) atoms. The molecule has 0 aliphatic rings. The highest BCUT2D eigenvalue weighted by atomic mass is 15.5. The first-order chi connectivity index (χ1) is 7.22. The average Bonchev–Trinajstić information content (AvgIpc) is 2.80. The second-order valence-electron chi connectivity index (χ2n) is 3.25. The molecule has 0 bridgehead atoms. The lowest BCUT2D eigenvalue weighted by atomic mass is 10.4. The number of nitrogen functional groups attached to an aromatic ring is 1. The van der Waals surface area contributed by atoms with Crippen molar-refractivity contribution in [2.24, 2.45) is 0 Å². The van der Waals surface area contributed by atoms with Crippen molar-refractivity contribution < 1.29 is 0 Å². The summed E-state index contributed by atoms with van der Waals surface area (Å²) in [5, 5.41) is 15.5. The summed E-state index contributed by atoms with van der Waals surface area (Å²) in [5.41, 5.74) is 7.32. The molecule has 0 aliphatic carbocycles. The summed E-state index contributed by atoms with van der Waals surface area (Å²) < 4.78 is 3.52. The Morgan fingerprint density at radius 1 is 1.40 bits per heavy atom. The first kappa shape index (κ1) is 9.63. The van der Waals surface area contributed by atoms with Crippen LogP contribution in [0.15, 0.2) is 6.20 Å². The number of tetrazole rings is 1. The minimum Gasteiger partial charge on any atom is -0.396 e. The highest BCUT2D eigenvalue weighted by Crippen LogP contribution is 2.09. The van der Waals surface area contributed by atoms with Gasteiger partial charge in [0.1, 0.15) is 6.54 Å². The summed E-state index contributed by atoms with van der Waals surface area (Å²) in [6.07, 6.45) is 1.63. The zero-order valence-electron chi connectivity index (χ0n) is 8.75. The quantitative estimate of drug-likeness (QED) is 0.754. The normalized spacial score (nSPS) is 10.8. The van der Waals surface area contributed by atoms with Crippen LogP contribution in [0.1, 0.15) is 18.4 Å². The summed E-state index contributed by atoms with van der Waals surface area (Å²) in [5.74, 6) is 0.781. The van der Waals surface area contributed by atoms with E-state index in [1.54, 1.807) is 15.6 Å². The first-order valence-electron chi connectivity index (χ1n) is 4.75. The van der Waals surface area contributed by atoms with Gasteiger partial charge in [0, 0.05) is 6.54 Å². The van der Waals surface area contributed by atoms with Crippen molar-refractivity contribution in [3.63, 3.8) is 0 Å². The minimum atomic E-state index is 0.546. The van der Waals surface area contributed by atoms with Crippen LogP contribution in [0.5, 0.6) is 0 Å². The second kappa shape index (κ2) is 3.68. The van der Waals surface area contributed by atoms with Gasteiger partial charge in [-0.15, -0.1) is 5.10 Å². The zero-order valence-corrected chi connectivity index (χ0v) is 8.75. The molecule has 0 aromatic carbocycles. The van der Waals surface area contributed by atoms with Crippen molar-refractivity contribution in [2.75, 3.05) is 5.73 Å². The number of anilines is 1. The van der Waals surface area contributed by atoms with Gasteiger partial charge < -0.3 is 5.73 Å². The fourth-order valence-electron chi connectivity index (χ4n) is 1.34. The Morgan fingerprint density at radius 2 is 2.20 bits per heavy atom. The maximum Gasteiger partial charge on any atom is 0.172 e. The molecule has 7 nitrogen and oxygen atoms in total. The van der Waals surface area contributed by atoms with Crippen LogP contribution in [0.3, 0.4) is 0 Å². The van der Waals surface area contributed by atoms with E-state index in [0.717, 1.165) is 18.1 Å². The van der Waals surface area contributed by atoms with E-state index in [1.165, 1.54) is 0 Å². The summed E-state index contributed by atoms with van der Waals surface area (Å²) in [6.45, 7) is 5.20. The molecular weight excluding hydrogens is 194 g/mol. The topological polar surface area (TPSA) is 87.4 Å². The van der Waals surface area contributed by atoms with Crippen LogP contribution in [0.25, 0.3) is 0 Å². The SMILES string of the molecule is CCn1nnnc1Cn1ncc(N)c1C. The molecule has 0 aliphatic heterocycles. The van der Waals surface area contributed by atoms with Crippen LogP contribution < -0.4 is 5.73 Å². The Hall–Kier alpha value is -1.92. The number of aromatic nitrogens is 6. The van der Waals surface area contributed by atoms with Gasteiger partial charge in [-0.3, -0.25) is 4.68 Å². The second-order valence-corrected chi connectivity index (χ2v) is 3.25. The molecular formula is C8H13N7. The van der Waals surface area contributed by atoms with E-state index < -0.39 is 0 Å². The van der Waals surface area contributed by atoms with Crippen molar-refractivity contribution in [1.29, 1.82) is 0 Å². The number of rotatable bonds is 3. The summed E-state index contributed by atoms with van der Waals surface area (Å²) in [7, 11) is 0. The lowest BCUT2D eigenvalue weighted by molar-refractivity contribution is 0.556. The van der Waals surface area contributed by atoms with E-state index in [1.807, 2.05) is 13.8 Å². The Kier molecular flexibility index (Phi) is 2.36. The van der Waals surface area contributed by atoms with E-state index in [4.69, 9.17) is 5.73 Å². The molecule has 2 aromatic heterocycles. The predicted octanol–water partition coefficient (Wildman–Crippen LogP) is -0.172. The predicted molar refractivity (Wildman–Crippen MR) is 54.0 cm³/mol. The molecule has 2 aromatic rings. The van der Waals surface area contributed by atoms with Crippen molar-refractivity contribution in [1.82, 2.24) is 30.0 Å². The van der Waals surface area contributed by atoms with Gasteiger partial charge in [0.25, 0.3) is 0 Å². The van der Waals surface area contributed by atoms with Crippen LogP contribution in [0, 0.1) is 6.92 Å². The van der Waals surface area contributed by atoms with Gasteiger partial charge in [0.05, 0.1) is 17.6 Å². The van der Waals surface area contributed by atoms with E-state index in [2.05, 4.69) is 20.6 Å². The van der Waals surface area contributed by atoms with Crippen LogP contribution in [-0.4, -0.2) is 30.0 Å². The maximum absolute atomic E-state index is 5.70. The number of aryl methyl sites for hydroxylation is 1. The number of nitrogens with two attached hydrogens (primary N) is 1. The highest BCUT2D eigenvalue weighted by molar-refractivity contribution is 5.39. The van der Waals surface area contributed by atoms with Crippen molar-refractivity contribution in [3.05, 3.63) is 17.7 Å². The highest BCUT2D eigenvalue weighted by Gasteiger charge is 2.08. The standard InChI is InChI=1S/C8H13N7/c1-3-14-8(11-12-13-14)5-15-6(2)7(9)4-10-15/h4H,3,5,9H2,1-2H3. The lowest BCUT2D eigenvalue weighted by Crippen LogP contribution is -2.11. The van der Waals surface area contributed by atoms with Crippen molar-refractivity contribution >= 4 is 5.69 Å². The monoisotopic (exact) mass is 207 g/mol. The van der Waals surface area contributed by atoms with Crippen LogP contribution in [-0.2, 0) is 13.1 Å². The Morgan fingerprint density at radius 3 is 2.80 bits per heavy atom. The minimum absolute atomic E-state index is 0.546. The Labute approximate surface area is 86.9 Å². The van der Waals surface area contributed by atoms with E-state index in [0.29, 0.717) is 12.2 Å². The Balaban J connectivity index is 2.25. The van der Waals surface area contributed by atoms with Crippen LogP contribution in [0.2, 0.25) is 0 Å². The van der Waals surface area contributed by atoms with Gasteiger partial charge in [-0.2, -0.15) is 5.10 Å². The van der Waals surface area contributed by atoms with Gasteiger partial charge in [-0.1, -0.05) is 0 Å². The molecule has 0 saturated carbocycles. The summed E-state index contributed by atoms with van der Waals surface area (Å²) in [6, 6.07) is 0. The fraction of sp³-hybridized carbons (Fsp3) is 0.500. The number of nitrogens with zero attached hydrogens (tertiary/aromatic N) is 6. The molecule has 0 unspecified atom stereocenters. The maximum atomic E-state index is 5.70. The molecule has 0 saturated heterocycles. The molecule has 0 fully saturated rings. The Bertz CT molecular complexity index is 455. The summed E-state index contributed by atoms with van der Waals surface area (Å²) >= 11 is 0. The van der Waals surface area contributed by atoms with E-state index in [-0.39, 0.29) is 0 Å². The van der Waals surface area contributed by atoms with Gasteiger partial charge in [0.2, 0.25) is 0 Å². The molecule has 2 rings (SSSR count). The third-order valence-electron chi connectivity index (χ3n) is 2.34. The molecule has 0 spiro atoms. The number of hydrogen-bond donors (Lipinski definition) is 1. The van der Waals surface area contributed by atoms with E-state index >= 15 is 0 Å². The first-order valence-corrected chi connectivity index (χ1v) is 4.75. The zero-order chi connectivity index (χ0) is 10.8. The molecule has 0 radical (unpaired) electrons. The third-order valence-corrected chi connectivity index (χ3v) is 2.34. The molecule has 0 amide bonds. The smallest absolute Gasteiger partial charge is 0.172 e. The van der Waals surface area contributed by atoms with E-state index in [9.17, 15) is 0 Å². The average molecular weight is 207 g/mol. The van der Waals surface area contributed by atoms with Gasteiger partial charge in [0.15, 0.2) is 5.82 Å². The summed E-state index contributed by atoms with van der Waals surface area (Å²) in [4.78, 5) is 0. The van der Waals surface area contributed by atoms with Crippen molar-refractivity contribution in [2.45, 2.75) is 26.9 Å². The molecule has 2 heterocycles. The van der Waals surface area contributed by atoms with Gasteiger partial charge in [-0.25, -0.2) is 4.68 Å². The number of hydrogen-bond acceptors (Lipinski definition) is 5. The van der Waals surface area contributed by atoms with Crippen LogP contribution in [0.4, 0.5) is 5.69 Å². The molecule has 7 heteroatoms. The van der Waals surface area contributed by atoms with Gasteiger partial charge >= 0.3 is 0 Å². The molecule has 2 N–H and O–H groups in total. The fourth-order valence-corrected chi connectivity index (χ4v) is 1.34. The third kappa shape index (κ3) is 1.67.